The lowest BCUT2D eigenvalue weighted by Gasteiger charge is -2.14. The SMILES string of the molecule is Cc1ccccc1NS(=O)(=O)c1cc(C(=O)NCc2ccccc2-n2ccnc2)ccc1Cl. The zero-order valence-corrected chi connectivity index (χ0v) is 19.3. The summed E-state index contributed by atoms with van der Waals surface area (Å²) in [5.41, 5.74) is 3.16. The molecule has 0 saturated heterocycles. The number of sulfonamides is 1. The summed E-state index contributed by atoms with van der Waals surface area (Å²) in [6.45, 7) is 2.05. The highest BCUT2D eigenvalue weighted by atomic mass is 35.5. The van der Waals surface area contributed by atoms with Crippen LogP contribution in [0.1, 0.15) is 21.5 Å². The number of rotatable bonds is 7. The third kappa shape index (κ3) is 5.08. The molecule has 0 saturated carbocycles. The first-order valence-corrected chi connectivity index (χ1v) is 11.9. The fourth-order valence-corrected chi connectivity index (χ4v) is 4.99. The normalized spacial score (nSPS) is 11.2. The van der Waals surface area contributed by atoms with Gasteiger partial charge in [0.1, 0.15) is 4.90 Å². The first-order chi connectivity index (χ1) is 15.8. The molecule has 0 unspecified atom stereocenters. The van der Waals surface area contributed by atoms with Gasteiger partial charge in [0.25, 0.3) is 15.9 Å². The van der Waals surface area contributed by atoms with Gasteiger partial charge in [0.15, 0.2) is 0 Å². The molecule has 1 amide bonds. The van der Waals surface area contributed by atoms with Crippen molar-refractivity contribution in [3.63, 3.8) is 0 Å². The Bertz CT molecular complexity index is 1400. The number of carbonyl (C=O) groups is 1. The molecule has 4 aromatic rings. The summed E-state index contributed by atoms with van der Waals surface area (Å²) in [7, 11) is -4.00. The Labute approximate surface area is 197 Å². The Morgan fingerprint density at radius 2 is 1.82 bits per heavy atom. The first-order valence-electron chi connectivity index (χ1n) is 10.1. The van der Waals surface area contributed by atoms with Gasteiger partial charge >= 0.3 is 0 Å². The average molecular weight is 481 g/mol. The highest BCUT2D eigenvalue weighted by Gasteiger charge is 2.21. The third-order valence-corrected chi connectivity index (χ3v) is 6.93. The van der Waals surface area contributed by atoms with Gasteiger partial charge in [0.05, 0.1) is 22.7 Å². The maximum Gasteiger partial charge on any atom is 0.263 e. The molecule has 1 aromatic heterocycles. The van der Waals surface area contributed by atoms with E-state index in [0.29, 0.717) is 5.69 Å². The Morgan fingerprint density at radius 1 is 1.06 bits per heavy atom. The summed E-state index contributed by atoms with van der Waals surface area (Å²) in [6.07, 6.45) is 5.17. The zero-order valence-electron chi connectivity index (χ0n) is 17.7. The van der Waals surface area contributed by atoms with Gasteiger partial charge in [-0.25, -0.2) is 13.4 Å². The molecule has 3 aromatic carbocycles. The van der Waals surface area contributed by atoms with Crippen LogP contribution in [-0.2, 0) is 16.6 Å². The van der Waals surface area contributed by atoms with E-state index in [9.17, 15) is 13.2 Å². The van der Waals surface area contributed by atoms with Gasteiger partial charge in [-0.15, -0.1) is 0 Å². The number of carbonyl (C=O) groups excluding carboxylic acids is 1. The van der Waals surface area contributed by atoms with Crippen molar-refractivity contribution in [2.24, 2.45) is 0 Å². The van der Waals surface area contributed by atoms with Crippen molar-refractivity contribution in [1.82, 2.24) is 14.9 Å². The number of halogens is 1. The van der Waals surface area contributed by atoms with E-state index in [2.05, 4.69) is 15.0 Å². The van der Waals surface area contributed by atoms with Crippen molar-refractivity contribution in [3.05, 3.63) is 107 Å². The number of para-hydroxylation sites is 2. The maximum atomic E-state index is 13.0. The molecule has 0 radical (unpaired) electrons. The number of benzene rings is 3. The summed E-state index contributed by atoms with van der Waals surface area (Å²) in [5, 5.41) is 2.87. The maximum absolute atomic E-state index is 13.0. The quantitative estimate of drug-likeness (QED) is 0.405. The fourth-order valence-electron chi connectivity index (χ4n) is 3.33. The van der Waals surface area contributed by atoms with Crippen molar-refractivity contribution >= 4 is 33.2 Å². The van der Waals surface area contributed by atoms with E-state index in [-0.39, 0.29) is 22.0 Å². The van der Waals surface area contributed by atoms with Crippen LogP contribution < -0.4 is 10.0 Å². The predicted molar refractivity (Wildman–Crippen MR) is 128 cm³/mol. The average Bonchev–Trinajstić information content (AvgIpc) is 3.34. The van der Waals surface area contributed by atoms with Gasteiger partial charge in [-0.2, -0.15) is 0 Å². The molecule has 1 heterocycles. The van der Waals surface area contributed by atoms with E-state index in [0.717, 1.165) is 16.8 Å². The molecule has 2 N–H and O–H groups in total. The van der Waals surface area contributed by atoms with E-state index in [1.54, 1.807) is 37.6 Å². The Kier molecular flexibility index (Phi) is 6.48. The molecule has 0 aliphatic rings. The van der Waals surface area contributed by atoms with E-state index in [4.69, 9.17) is 11.6 Å². The smallest absolute Gasteiger partial charge is 0.263 e. The number of nitrogens with one attached hydrogen (secondary N) is 2. The van der Waals surface area contributed by atoms with Gasteiger partial charge in [0.2, 0.25) is 0 Å². The van der Waals surface area contributed by atoms with Crippen molar-refractivity contribution in [2.45, 2.75) is 18.4 Å². The van der Waals surface area contributed by atoms with Crippen LogP contribution in [0, 0.1) is 6.92 Å². The molecular weight excluding hydrogens is 460 g/mol. The fraction of sp³-hybridized carbons (Fsp3) is 0.0833. The second-order valence-electron chi connectivity index (χ2n) is 7.35. The van der Waals surface area contributed by atoms with Crippen LogP contribution in [0.5, 0.6) is 0 Å². The molecule has 168 valence electrons. The van der Waals surface area contributed by atoms with E-state index < -0.39 is 15.9 Å². The minimum Gasteiger partial charge on any atom is -0.348 e. The lowest BCUT2D eigenvalue weighted by atomic mass is 10.1. The van der Waals surface area contributed by atoms with Gasteiger partial charge < -0.3 is 9.88 Å². The highest BCUT2D eigenvalue weighted by Crippen LogP contribution is 2.26. The molecule has 0 aliphatic heterocycles. The van der Waals surface area contributed by atoms with Crippen LogP contribution in [0.2, 0.25) is 5.02 Å². The number of aromatic nitrogens is 2. The molecule has 0 spiro atoms. The molecule has 0 bridgehead atoms. The molecule has 7 nitrogen and oxygen atoms in total. The number of hydrogen-bond acceptors (Lipinski definition) is 4. The topological polar surface area (TPSA) is 93.1 Å². The number of hydrogen-bond donors (Lipinski definition) is 2. The van der Waals surface area contributed by atoms with Crippen LogP contribution in [-0.4, -0.2) is 23.9 Å². The standard InChI is InChI=1S/C24H21ClN4O3S/c1-17-6-2-4-8-21(17)28-33(31,32)23-14-18(10-11-20(23)25)24(30)27-15-19-7-3-5-9-22(19)29-13-12-26-16-29/h2-14,16,28H,15H2,1H3,(H,27,30). The Balaban J connectivity index is 1.55. The molecule has 9 heteroatoms. The number of nitrogens with zero attached hydrogens (tertiary/aromatic N) is 2. The van der Waals surface area contributed by atoms with Crippen molar-refractivity contribution in [1.29, 1.82) is 0 Å². The molecule has 4 rings (SSSR count). The lowest BCUT2D eigenvalue weighted by Crippen LogP contribution is -2.24. The van der Waals surface area contributed by atoms with Crippen LogP contribution in [0.4, 0.5) is 5.69 Å². The Morgan fingerprint density at radius 3 is 2.58 bits per heavy atom. The third-order valence-electron chi connectivity index (χ3n) is 5.09. The number of imidazole rings is 1. The van der Waals surface area contributed by atoms with Gasteiger partial charge in [-0.1, -0.05) is 48.0 Å². The van der Waals surface area contributed by atoms with Crippen molar-refractivity contribution < 1.29 is 13.2 Å². The van der Waals surface area contributed by atoms with Crippen LogP contribution in [0.15, 0.2) is 90.3 Å². The minimum atomic E-state index is -4.00. The molecule has 0 atom stereocenters. The second-order valence-corrected chi connectivity index (χ2v) is 9.40. The van der Waals surface area contributed by atoms with E-state index in [1.165, 1.54) is 18.2 Å². The Hall–Kier alpha value is -3.62. The predicted octanol–water partition coefficient (Wildman–Crippen LogP) is 4.56. The number of anilines is 1. The van der Waals surface area contributed by atoms with Gasteiger partial charge in [0, 0.05) is 24.5 Å². The summed E-state index contributed by atoms with van der Waals surface area (Å²) in [5.74, 6) is -0.417. The number of amides is 1. The largest absolute Gasteiger partial charge is 0.348 e. The molecule has 0 aliphatic carbocycles. The molecule has 33 heavy (non-hydrogen) atoms. The highest BCUT2D eigenvalue weighted by molar-refractivity contribution is 7.92. The van der Waals surface area contributed by atoms with Crippen LogP contribution in [0.3, 0.4) is 0 Å². The summed E-state index contributed by atoms with van der Waals surface area (Å²) >= 11 is 6.18. The summed E-state index contributed by atoms with van der Waals surface area (Å²) in [6, 6.07) is 18.8. The lowest BCUT2D eigenvalue weighted by molar-refractivity contribution is 0.0950. The van der Waals surface area contributed by atoms with Gasteiger partial charge in [-0.05, 0) is 48.4 Å². The minimum absolute atomic E-state index is 0.0260. The second kappa shape index (κ2) is 9.48. The molecular formula is C24H21ClN4O3S. The number of aryl methyl sites for hydroxylation is 1. The summed E-state index contributed by atoms with van der Waals surface area (Å²) < 4.78 is 30.3. The molecule has 0 fully saturated rings. The first kappa shape index (κ1) is 22.6. The zero-order chi connectivity index (χ0) is 23.4. The van der Waals surface area contributed by atoms with Crippen LogP contribution >= 0.6 is 11.6 Å². The van der Waals surface area contributed by atoms with Crippen molar-refractivity contribution in [3.8, 4) is 5.69 Å². The monoisotopic (exact) mass is 480 g/mol. The van der Waals surface area contributed by atoms with Gasteiger partial charge in [-0.3, -0.25) is 9.52 Å². The van der Waals surface area contributed by atoms with Crippen LogP contribution in [0.25, 0.3) is 5.69 Å². The van der Waals surface area contributed by atoms with Crippen molar-refractivity contribution in [2.75, 3.05) is 4.72 Å². The van der Waals surface area contributed by atoms with E-state index in [1.807, 2.05) is 41.1 Å². The van der Waals surface area contributed by atoms with E-state index >= 15 is 0 Å². The summed E-state index contributed by atoms with van der Waals surface area (Å²) in [4.78, 5) is 16.7.